The highest BCUT2D eigenvalue weighted by Crippen LogP contribution is 1.41. The van der Waals surface area contributed by atoms with Gasteiger partial charge in [-0.1, -0.05) is 0 Å². The van der Waals surface area contributed by atoms with Gasteiger partial charge in [-0.3, -0.25) is 0 Å². The van der Waals surface area contributed by atoms with Gasteiger partial charge in [0.25, 0.3) is 0 Å². The Kier molecular flexibility index (Phi) is 49.1. The Hall–Kier alpha value is -0.910. The monoisotopic (exact) mass is 291 g/mol. The van der Waals surface area contributed by atoms with Crippen molar-refractivity contribution in [1.82, 2.24) is 0 Å². The standard InChI is InChI=1S/4BH3O3.HN3/c4*2-1(3)4;1-3-2/h4*2-4H;1H. The fourth-order valence-electron chi connectivity index (χ4n) is 0. The largest absolute Gasteiger partial charge is 0.631 e. The molecular weight excluding hydrogens is 277 g/mol. The van der Waals surface area contributed by atoms with E-state index in [0.717, 1.165) is 0 Å². The molecule has 15 nitrogen and oxygen atoms in total. The van der Waals surface area contributed by atoms with E-state index in [4.69, 9.17) is 71.4 Å². The number of nitrogens with one attached hydrogen (secondary N) is 1. The maximum Gasteiger partial charge on any atom is 0.631 e. The second-order valence-corrected chi connectivity index (χ2v) is 1.49. The van der Waals surface area contributed by atoms with Gasteiger partial charge < -0.3 is 60.3 Å². The van der Waals surface area contributed by atoms with E-state index in [0.29, 0.717) is 0 Å². The molecule has 0 heterocycles. The lowest BCUT2D eigenvalue weighted by Crippen LogP contribution is -2.07. The van der Waals surface area contributed by atoms with Crippen molar-refractivity contribution < 1.29 is 60.3 Å². The van der Waals surface area contributed by atoms with Crippen molar-refractivity contribution in [2.45, 2.75) is 0 Å². The van der Waals surface area contributed by atoms with Gasteiger partial charge in [-0.2, -0.15) is 0 Å². The maximum atomic E-state index is 7.17. The van der Waals surface area contributed by atoms with Crippen LogP contribution in [0.25, 0.3) is 10.4 Å². The molecule has 0 fully saturated rings. The van der Waals surface area contributed by atoms with Gasteiger partial charge in [-0.05, 0) is 10.4 Å². The molecule has 0 bridgehead atoms. The molecule has 19 heavy (non-hydrogen) atoms. The van der Waals surface area contributed by atoms with Crippen molar-refractivity contribution in [2.75, 3.05) is 0 Å². The predicted octanol–water partition coefficient (Wildman–Crippen LogP) is -7.33. The quantitative estimate of drug-likeness (QED) is 0.0855. The van der Waals surface area contributed by atoms with Crippen molar-refractivity contribution in [3.8, 4) is 0 Å². The lowest BCUT2D eigenvalue weighted by Gasteiger charge is -1.69. The minimum absolute atomic E-state index is 1.75. The van der Waals surface area contributed by atoms with E-state index in [1.165, 1.54) is 0 Å². The van der Waals surface area contributed by atoms with Crippen LogP contribution in [-0.2, 0) is 0 Å². The first-order chi connectivity index (χ1) is 8.34. The van der Waals surface area contributed by atoms with Crippen LogP contribution in [0, 0.1) is 5.53 Å². The van der Waals surface area contributed by atoms with Crippen LogP contribution in [0.2, 0.25) is 0 Å². The summed E-state index contributed by atoms with van der Waals surface area (Å²) in [5.74, 6) is 0. The lowest BCUT2D eigenvalue weighted by molar-refractivity contribution is 0.276. The third kappa shape index (κ3) is 4700. The molecule has 0 aromatic carbocycles. The fourth-order valence-corrected chi connectivity index (χ4v) is 0. The van der Waals surface area contributed by atoms with Crippen LogP contribution in [0.5, 0.6) is 0 Å². The van der Waals surface area contributed by atoms with Crippen LogP contribution in [0.4, 0.5) is 0 Å². The van der Waals surface area contributed by atoms with Crippen LogP contribution in [0.1, 0.15) is 0 Å². The summed E-state index contributed by atoms with van der Waals surface area (Å²) in [5, 5.41) is 86.0. The number of rotatable bonds is 0. The number of hydrogen-bond acceptors (Lipinski definition) is 13. The smallest absolute Gasteiger partial charge is 0.402 e. The summed E-state index contributed by atoms with van der Waals surface area (Å²) in [5.41, 5.74) is 12.2. The summed E-state index contributed by atoms with van der Waals surface area (Å²) in [6.07, 6.45) is 0. The highest BCUT2D eigenvalue weighted by atomic mass is 16.5. The van der Waals surface area contributed by atoms with Crippen LogP contribution in [0.15, 0.2) is 0 Å². The first kappa shape index (κ1) is 30.8. The van der Waals surface area contributed by atoms with E-state index < -0.39 is 29.3 Å². The normalized spacial score (nSPS) is 6.11. The summed E-state index contributed by atoms with van der Waals surface area (Å²) >= 11 is 0. The molecule has 0 unspecified atom stereocenters. The summed E-state index contributed by atoms with van der Waals surface area (Å²) in [4.78, 5) is 1.75. The average molecular weight is 290 g/mol. The topological polar surface area (TPSA) is 303 Å². The summed E-state index contributed by atoms with van der Waals surface area (Å²) in [6.45, 7) is 0. The maximum absolute atomic E-state index is 7.17. The molecule has 0 radical (unpaired) electrons. The fraction of sp³-hybridized carbons (Fsp3) is 0. The van der Waals surface area contributed by atoms with E-state index in [1.807, 2.05) is 0 Å². The van der Waals surface area contributed by atoms with E-state index in [-0.39, 0.29) is 0 Å². The zero-order valence-corrected chi connectivity index (χ0v) is 9.07. The van der Waals surface area contributed by atoms with Gasteiger partial charge in [-0.25, -0.2) is 0 Å². The van der Waals surface area contributed by atoms with Gasteiger partial charge in [0, 0.05) is 0 Å². The molecule has 0 aliphatic heterocycles. The molecule has 0 aromatic rings. The molecular formula is H13B4N3O12. The SMILES string of the molecule is OB(O)O.OB(O)O.OB(O)O.OB(O)O.[N-]=[N+]=N. The number of nitrogens with zero attached hydrogens (tertiary/aromatic N) is 2. The zero-order chi connectivity index (χ0) is 17.0. The van der Waals surface area contributed by atoms with Crippen LogP contribution >= 0.6 is 0 Å². The van der Waals surface area contributed by atoms with Crippen LogP contribution < -0.4 is 0 Å². The van der Waals surface area contributed by atoms with Gasteiger partial charge in [0.05, 0.1) is 0 Å². The molecule has 0 saturated carbocycles. The van der Waals surface area contributed by atoms with Crippen LogP contribution in [-0.4, -0.2) is 89.6 Å². The summed E-state index contributed by atoms with van der Waals surface area (Å²) in [7, 11) is -8.67. The minimum Gasteiger partial charge on any atom is -0.402 e. The Labute approximate surface area is 107 Å². The van der Waals surface area contributed by atoms with Gasteiger partial charge in [0.1, 0.15) is 0 Å². The van der Waals surface area contributed by atoms with Crippen molar-refractivity contribution in [2.24, 2.45) is 0 Å². The summed E-state index contributed by atoms with van der Waals surface area (Å²) in [6, 6.07) is 0. The Bertz CT molecular complexity index is 122. The number of hydrogen-bond donors (Lipinski definition) is 13. The zero-order valence-electron chi connectivity index (χ0n) is 9.07. The third-order valence-electron chi connectivity index (χ3n) is 0. The second-order valence-electron chi connectivity index (χ2n) is 1.49. The van der Waals surface area contributed by atoms with Crippen molar-refractivity contribution in [3.05, 3.63) is 10.4 Å². The molecule has 13 N–H and O–H groups in total. The summed E-state index contributed by atoms with van der Waals surface area (Å²) < 4.78 is 0. The van der Waals surface area contributed by atoms with Gasteiger partial charge in [-0.15, -0.1) is 5.53 Å². The Morgan fingerprint density at radius 1 is 0.526 bits per heavy atom. The molecule has 112 valence electrons. The molecule has 0 atom stereocenters. The van der Waals surface area contributed by atoms with Gasteiger partial charge in [0.15, 0.2) is 0 Å². The Morgan fingerprint density at radius 3 is 0.526 bits per heavy atom. The van der Waals surface area contributed by atoms with Crippen LogP contribution in [0.3, 0.4) is 0 Å². The lowest BCUT2D eigenvalue weighted by atomic mass is 10.3. The van der Waals surface area contributed by atoms with E-state index >= 15 is 0 Å². The minimum atomic E-state index is -2.17. The molecule has 0 rings (SSSR count). The Balaban J connectivity index is -0.0000000432. The van der Waals surface area contributed by atoms with Gasteiger partial charge in [0.2, 0.25) is 0 Å². The molecule has 0 aromatic heterocycles. The molecule has 0 spiro atoms. The predicted molar refractivity (Wildman–Crippen MR) is 59.1 cm³/mol. The van der Waals surface area contributed by atoms with Crippen molar-refractivity contribution in [3.63, 3.8) is 0 Å². The van der Waals surface area contributed by atoms with Gasteiger partial charge >= 0.3 is 29.3 Å². The van der Waals surface area contributed by atoms with Crippen molar-refractivity contribution >= 4 is 29.3 Å². The molecule has 0 aliphatic rings. The third-order valence-corrected chi connectivity index (χ3v) is 0. The molecule has 0 saturated heterocycles. The first-order valence-electron chi connectivity index (χ1n) is 3.52. The van der Waals surface area contributed by atoms with E-state index in [1.54, 1.807) is 4.91 Å². The molecule has 19 heteroatoms. The average Bonchev–Trinajstić information content (AvgIpc) is 1.97. The van der Waals surface area contributed by atoms with E-state index in [9.17, 15) is 0 Å². The highest BCUT2D eigenvalue weighted by molar-refractivity contribution is 6.31. The molecule has 0 amide bonds. The van der Waals surface area contributed by atoms with E-state index in [2.05, 4.69) is 0 Å². The highest BCUT2D eigenvalue weighted by Gasteiger charge is 1.93. The second kappa shape index (κ2) is 30.3. The Morgan fingerprint density at radius 2 is 0.526 bits per heavy atom. The first-order valence-corrected chi connectivity index (χ1v) is 3.52. The van der Waals surface area contributed by atoms with Crippen molar-refractivity contribution in [1.29, 1.82) is 5.53 Å². The molecule has 0 aliphatic carbocycles.